The fourth-order valence-electron chi connectivity index (χ4n) is 3.20. The molecule has 0 aromatic carbocycles. The predicted octanol–water partition coefficient (Wildman–Crippen LogP) is 3.82. The van der Waals surface area contributed by atoms with E-state index in [4.69, 9.17) is 4.74 Å². The molecular weight excluding hydrogens is 226 g/mol. The molecule has 0 atom stereocenters. The van der Waals surface area contributed by atoms with Crippen LogP contribution in [0.15, 0.2) is 0 Å². The smallest absolute Gasteiger partial charge is 0.410 e. The maximum absolute atomic E-state index is 12.1. The molecule has 1 spiro atoms. The number of carbonyl (C=O) groups is 1. The number of amides is 1. The molecule has 104 valence electrons. The third-order valence-corrected chi connectivity index (χ3v) is 4.42. The van der Waals surface area contributed by atoms with Gasteiger partial charge in [0.15, 0.2) is 0 Å². The van der Waals surface area contributed by atoms with Crippen LogP contribution < -0.4 is 0 Å². The van der Waals surface area contributed by atoms with Crippen LogP contribution in [0.5, 0.6) is 0 Å². The maximum Gasteiger partial charge on any atom is 0.410 e. The molecule has 2 aliphatic rings. The van der Waals surface area contributed by atoms with E-state index in [0.29, 0.717) is 5.41 Å². The first-order valence-corrected chi connectivity index (χ1v) is 7.28. The number of nitrogens with zero attached hydrogens (tertiary/aromatic N) is 1. The zero-order valence-corrected chi connectivity index (χ0v) is 12.3. The molecule has 0 aromatic rings. The highest BCUT2D eigenvalue weighted by atomic mass is 16.6. The Morgan fingerprint density at radius 1 is 1.22 bits per heavy atom. The maximum atomic E-state index is 12.1. The Hall–Kier alpha value is -0.730. The zero-order valence-electron chi connectivity index (χ0n) is 12.3. The third kappa shape index (κ3) is 3.18. The number of hydrogen-bond acceptors (Lipinski definition) is 2. The number of ether oxygens (including phenoxy) is 1. The lowest BCUT2D eigenvalue weighted by atomic mass is 9.70. The summed E-state index contributed by atoms with van der Waals surface area (Å²) in [5.41, 5.74) is 0.0251. The Kier molecular flexibility index (Phi) is 3.61. The standard InChI is InChI=1S/C15H27NO2/c1-12-5-7-15(8-6-12)9-10-16(11-15)13(17)18-14(2,3)4/h12H,5-11H2,1-4H3. The molecule has 1 saturated heterocycles. The van der Waals surface area contributed by atoms with Crippen molar-refractivity contribution in [1.82, 2.24) is 4.90 Å². The van der Waals surface area contributed by atoms with Crippen LogP contribution in [-0.2, 0) is 4.74 Å². The van der Waals surface area contributed by atoms with Gasteiger partial charge < -0.3 is 9.64 Å². The summed E-state index contributed by atoms with van der Waals surface area (Å²) in [6.45, 7) is 9.92. The second-order valence-corrected chi connectivity index (χ2v) is 7.33. The molecule has 1 saturated carbocycles. The fraction of sp³-hybridized carbons (Fsp3) is 0.933. The van der Waals surface area contributed by atoms with Crippen LogP contribution in [0.2, 0.25) is 0 Å². The van der Waals surface area contributed by atoms with Crippen LogP contribution >= 0.6 is 0 Å². The molecule has 0 aromatic heterocycles. The molecule has 2 fully saturated rings. The summed E-state index contributed by atoms with van der Waals surface area (Å²) >= 11 is 0. The van der Waals surface area contributed by atoms with Crippen molar-refractivity contribution in [1.29, 1.82) is 0 Å². The van der Waals surface area contributed by atoms with Gasteiger partial charge in [0.1, 0.15) is 5.60 Å². The van der Waals surface area contributed by atoms with Crippen molar-refractivity contribution in [2.45, 2.75) is 65.4 Å². The molecule has 18 heavy (non-hydrogen) atoms. The van der Waals surface area contributed by atoms with Crippen molar-refractivity contribution in [3.8, 4) is 0 Å². The van der Waals surface area contributed by atoms with Gasteiger partial charge in [-0.2, -0.15) is 0 Å². The van der Waals surface area contributed by atoms with Gasteiger partial charge in [0.2, 0.25) is 0 Å². The minimum atomic E-state index is -0.381. The molecule has 3 heteroatoms. The number of rotatable bonds is 0. The molecule has 1 aliphatic carbocycles. The van der Waals surface area contributed by atoms with E-state index >= 15 is 0 Å². The second kappa shape index (κ2) is 4.75. The Bertz CT molecular complexity index is 311. The second-order valence-electron chi connectivity index (χ2n) is 7.33. The van der Waals surface area contributed by atoms with E-state index in [1.54, 1.807) is 0 Å². The summed E-state index contributed by atoms with van der Waals surface area (Å²) in [6, 6.07) is 0. The van der Waals surface area contributed by atoms with Crippen molar-refractivity contribution in [2.75, 3.05) is 13.1 Å². The van der Waals surface area contributed by atoms with Gasteiger partial charge in [0, 0.05) is 13.1 Å². The van der Waals surface area contributed by atoms with E-state index in [0.717, 1.165) is 19.0 Å². The van der Waals surface area contributed by atoms with E-state index in [1.807, 2.05) is 25.7 Å². The average Bonchev–Trinajstić information content (AvgIpc) is 2.65. The topological polar surface area (TPSA) is 29.5 Å². The molecular formula is C15H27NO2. The molecule has 3 nitrogen and oxygen atoms in total. The third-order valence-electron chi connectivity index (χ3n) is 4.42. The van der Waals surface area contributed by atoms with Gasteiger partial charge in [-0.25, -0.2) is 4.79 Å². The lowest BCUT2D eigenvalue weighted by molar-refractivity contribution is 0.0258. The molecule has 0 unspecified atom stereocenters. The monoisotopic (exact) mass is 253 g/mol. The minimum Gasteiger partial charge on any atom is -0.444 e. The summed E-state index contributed by atoms with van der Waals surface area (Å²) in [7, 11) is 0. The summed E-state index contributed by atoms with van der Waals surface area (Å²) in [5, 5.41) is 0. The average molecular weight is 253 g/mol. The molecule has 0 bridgehead atoms. The first kappa shape index (κ1) is 13.7. The summed E-state index contributed by atoms with van der Waals surface area (Å²) in [4.78, 5) is 14.0. The lowest BCUT2D eigenvalue weighted by Crippen LogP contribution is -2.37. The van der Waals surface area contributed by atoms with Crippen molar-refractivity contribution in [3.05, 3.63) is 0 Å². The van der Waals surface area contributed by atoms with E-state index in [9.17, 15) is 4.79 Å². The first-order valence-electron chi connectivity index (χ1n) is 7.28. The van der Waals surface area contributed by atoms with Gasteiger partial charge in [-0.05, 0) is 51.4 Å². The van der Waals surface area contributed by atoms with Crippen LogP contribution in [0.4, 0.5) is 4.79 Å². The largest absolute Gasteiger partial charge is 0.444 e. The van der Waals surface area contributed by atoms with Crippen LogP contribution in [0.3, 0.4) is 0 Å². The number of likely N-dealkylation sites (tertiary alicyclic amines) is 1. The summed E-state index contributed by atoms with van der Waals surface area (Å²) in [5.74, 6) is 0.867. The summed E-state index contributed by atoms with van der Waals surface area (Å²) < 4.78 is 5.46. The highest BCUT2D eigenvalue weighted by Crippen LogP contribution is 2.45. The normalized spacial score (nSPS) is 32.9. The van der Waals surface area contributed by atoms with Gasteiger partial charge in [-0.1, -0.05) is 19.8 Å². The van der Waals surface area contributed by atoms with Crippen molar-refractivity contribution < 1.29 is 9.53 Å². The summed E-state index contributed by atoms with van der Waals surface area (Å²) in [6.07, 6.45) is 6.25. The first-order chi connectivity index (χ1) is 8.30. The van der Waals surface area contributed by atoms with Gasteiger partial charge in [-0.15, -0.1) is 0 Å². The molecule has 1 amide bonds. The van der Waals surface area contributed by atoms with E-state index in [-0.39, 0.29) is 11.7 Å². The zero-order chi connectivity index (χ0) is 13.4. The van der Waals surface area contributed by atoms with Crippen LogP contribution in [0.1, 0.15) is 59.8 Å². The molecule has 2 rings (SSSR count). The minimum absolute atomic E-state index is 0.127. The Balaban J connectivity index is 1.90. The van der Waals surface area contributed by atoms with Crippen molar-refractivity contribution in [3.63, 3.8) is 0 Å². The van der Waals surface area contributed by atoms with Crippen molar-refractivity contribution in [2.24, 2.45) is 11.3 Å². The SMILES string of the molecule is CC1CCC2(CC1)CCN(C(=O)OC(C)(C)C)C2. The van der Waals surface area contributed by atoms with E-state index in [2.05, 4.69) is 6.92 Å². The quantitative estimate of drug-likeness (QED) is 0.656. The Morgan fingerprint density at radius 3 is 2.39 bits per heavy atom. The van der Waals surface area contributed by atoms with Crippen LogP contribution in [0, 0.1) is 11.3 Å². The van der Waals surface area contributed by atoms with Gasteiger partial charge in [-0.3, -0.25) is 0 Å². The lowest BCUT2D eigenvalue weighted by Gasteiger charge is -2.36. The molecule has 0 radical (unpaired) electrons. The van der Waals surface area contributed by atoms with Gasteiger partial charge >= 0.3 is 6.09 Å². The Labute approximate surface area is 111 Å². The number of carbonyl (C=O) groups excluding carboxylic acids is 1. The van der Waals surface area contributed by atoms with E-state index < -0.39 is 0 Å². The molecule has 0 N–H and O–H groups in total. The van der Waals surface area contributed by atoms with Gasteiger partial charge in [0.05, 0.1) is 0 Å². The Morgan fingerprint density at radius 2 is 1.83 bits per heavy atom. The predicted molar refractivity (Wildman–Crippen MR) is 72.5 cm³/mol. The van der Waals surface area contributed by atoms with Crippen LogP contribution in [0.25, 0.3) is 0 Å². The van der Waals surface area contributed by atoms with E-state index in [1.165, 1.54) is 32.1 Å². The number of hydrogen-bond donors (Lipinski definition) is 0. The molecule has 1 aliphatic heterocycles. The van der Waals surface area contributed by atoms with Gasteiger partial charge in [0.25, 0.3) is 0 Å². The highest BCUT2D eigenvalue weighted by Gasteiger charge is 2.42. The fourth-order valence-corrected chi connectivity index (χ4v) is 3.20. The molecule has 1 heterocycles. The van der Waals surface area contributed by atoms with Crippen LogP contribution in [-0.4, -0.2) is 29.7 Å². The highest BCUT2D eigenvalue weighted by molar-refractivity contribution is 5.68. The van der Waals surface area contributed by atoms with Crippen molar-refractivity contribution >= 4 is 6.09 Å².